The summed E-state index contributed by atoms with van der Waals surface area (Å²) in [5, 5.41) is 8.24. The molecule has 0 radical (unpaired) electrons. The fourth-order valence-corrected chi connectivity index (χ4v) is 8.91. The van der Waals surface area contributed by atoms with Crippen molar-refractivity contribution >= 4 is 205 Å². The van der Waals surface area contributed by atoms with Gasteiger partial charge in [-0.25, -0.2) is 0 Å². The van der Waals surface area contributed by atoms with Crippen molar-refractivity contribution in [1.82, 2.24) is 0 Å². The SMILES string of the molecule is Bc1c(B)c(B)c(-c2c3c(B)c(B)c(B)c(B)c3c(-c3ccc(-c4ccccc4)c4ccccc34)c3c(B)c(B)c(B)c(B)c23)c(B)c1B. The first-order valence-electron chi connectivity index (χ1n) is 17.9. The monoisotopic (exact) mass is 612 g/mol. The van der Waals surface area contributed by atoms with E-state index in [1.165, 1.54) is 137 Å². The van der Waals surface area contributed by atoms with E-state index in [1.54, 1.807) is 0 Å². The molecule has 0 aliphatic heterocycles. The lowest BCUT2D eigenvalue weighted by Crippen LogP contribution is -2.55. The number of hydrogen-bond acceptors (Lipinski definition) is 0. The van der Waals surface area contributed by atoms with Crippen molar-refractivity contribution in [3.05, 3.63) is 66.7 Å². The molecule has 7 rings (SSSR count). The lowest BCUT2D eigenvalue weighted by atomic mass is 9.56. The lowest BCUT2D eigenvalue weighted by molar-refractivity contribution is 1.65. The standard InChI is InChI=1S/C36H37B13/c37-24-19-17(16-11-10-13(12-6-2-1-3-7-12)14-8-4-5-9-15(14)16)20-22(27(40)33(46)31(44)25(20)38)18(21(19)26(39)32(45)30(24)43)23-28(41)34(47)36(49)35(48)29(23)42/h1-11H,37-49H2. The Morgan fingerprint density at radius 1 is 0.245 bits per heavy atom. The molecule has 0 aliphatic rings. The molecule has 220 valence electrons. The Bertz CT molecular complexity index is 2470. The van der Waals surface area contributed by atoms with E-state index in [4.69, 9.17) is 0 Å². The minimum Gasteiger partial charge on any atom is -0.102 e. The summed E-state index contributed by atoms with van der Waals surface area (Å²) in [4.78, 5) is 0. The van der Waals surface area contributed by atoms with Gasteiger partial charge in [0, 0.05) is 0 Å². The summed E-state index contributed by atoms with van der Waals surface area (Å²) in [6.07, 6.45) is 0. The summed E-state index contributed by atoms with van der Waals surface area (Å²) in [5.41, 5.74) is 26.2. The van der Waals surface area contributed by atoms with Gasteiger partial charge in [-0.2, -0.15) is 0 Å². The molecule has 0 aliphatic carbocycles. The van der Waals surface area contributed by atoms with Gasteiger partial charge in [0.15, 0.2) is 0 Å². The third kappa shape index (κ3) is 4.78. The molecule has 0 nitrogen and oxygen atoms in total. The molecular weight excluding hydrogens is 573 g/mol. The van der Waals surface area contributed by atoms with Gasteiger partial charge in [-0.15, -0.1) is 38.2 Å². The number of rotatable bonds is 3. The third-order valence-electron chi connectivity index (χ3n) is 12.9. The largest absolute Gasteiger partial charge is 0.139 e. The van der Waals surface area contributed by atoms with Gasteiger partial charge in [0.05, 0.1) is 0 Å². The summed E-state index contributed by atoms with van der Waals surface area (Å²) in [6.45, 7) is 0. The topological polar surface area (TPSA) is 0 Å². The van der Waals surface area contributed by atoms with Crippen molar-refractivity contribution in [2.24, 2.45) is 0 Å². The van der Waals surface area contributed by atoms with Crippen molar-refractivity contribution in [3.8, 4) is 33.4 Å². The van der Waals surface area contributed by atoms with Crippen molar-refractivity contribution in [2.45, 2.75) is 0 Å². The highest BCUT2D eigenvalue weighted by atomic mass is 14.3. The minimum atomic E-state index is 1.25. The first-order valence-corrected chi connectivity index (χ1v) is 17.9. The van der Waals surface area contributed by atoms with E-state index >= 15 is 0 Å². The van der Waals surface area contributed by atoms with E-state index < -0.39 is 0 Å². The molecule has 0 aromatic heterocycles. The predicted molar refractivity (Wildman–Crippen MR) is 262 cm³/mol. The van der Waals surface area contributed by atoms with E-state index in [-0.39, 0.29) is 0 Å². The van der Waals surface area contributed by atoms with Crippen LogP contribution in [-0.4, -0.2) is 102 Å². The van der Waals surface area contributed by atoms with Crippen LogP contribution in [0.1, 0.15) is 0 Å². The minimum absolute atomic E-state index is 1.25. The van der Waals surface area contributed by atoms with Crippen LogP contribution in [-0.2, 0) is 0 Å². The van der Waals surface area contributed by atoms with Crippen LogP contribution in [0.4, 0.5) is 0 Å². The highest BCUT2D eigenvalue weighted by Crippen LogP contribution is 2.43. The van der Waals surface area contributed by atoms with Gasteiger partial charge in [-0.3, -0.25) is 0 Å². The average Bonchev–Trinajstić information content (AvgIpc) is 3.12. The van der Waals surface area contributed by atoms with Gasteiger partial charge in [-0.05, 0) is 65.7 Å². The zero-order chi connectivity index (χ0) is 35.2. The van der Waals surface area contributed by atoms with Gasteiger partial charge >= 0.3 is 0 Å². The Hall–Kier alpha value is -3.84. The maximum atomic E-state index is 2.42. The summed E-state index contributed by atoms with van der Waals surface area (Å²) < 4.78 is 0. The second-order valence-corrected chi connectivity index (χ2v) is 14.8. The Kier molecular flexibility index (Phi) is 8.37. The summed E-state index contributed by atoms with van der Waals surface area (Å²) in [5.74, 6) is 0. The molecule has 0 saturated heterocycles. The molecule has 0 unspecified atom stereocenters. The second-order valence-electron chi connectivity index (χ2n) is 14.8. The first kappa shape index (κ1) is 33.7. The quantitative estimate of drug-likeness (QED) is 0.138. The maximum Gasteiger partial charge on any atom is 0.139 e. The van der Waals surface area contributed by atoms with Crippen LogP contribution in [0.3, 0.4) is 0 Å². The molecule has 0 atom stereocenters. The van der Waals surface area contributed by atoms with Crippen molar-refractivity contribution in [2.75, 3.05) is 0 Å². The summed E-state index contributed by atoms with van der Waals surface area (Å²) in [6, 6.07) is 24.7. The van der Waals surface area contributed by atoms with Crippen LogP contribution in [0, 0.1) is 0 Å². The summed E-state index contributed by atoms with van der Waals surface area (Å²) >= 11 is 0. The third-order valence-corrected chi connectivity index (χ3v) is 12.9. The zero-order valence-corrected chi connectivity index (χ0v) is 31.9. The van der Waals surface area contributed by atoms with Crippen LogP contribution < -0.4 is 71.0 Å². The molecule has 49 heavy (non-hydrogen) atoms. The van der Waals surface area contributed by atoms with E-state index in [2.05, 4.69) is 169 Å². The number of hydrogen-bond donors (Lipinski definition) is 0. The van der Waals surface area contributed by atoms with Crippen molar-refractivity contribution < 1.29 is 0 Å². The molecule has 0 amide bonds. The second kappa shape index (κ2) is 12.2. The molecule has 0 spiro atoms. The predicted octanol–water partition coefficient (Wildman–Crippen LogP) is -12.5. The molecule has 0 fully saturated rings. The fourth-order valence-electron chi connectivity index (χ4n) is 8.91. The van der Waals surface area contributed by atoms with Gasteiger partial charge in [0.2, 0.25) is 0 Å². The van der Waals surface area contributed by atoms with Crippen LogP contribution in [0.2, 0.25) is 0 Å². The van der Waals surface area contributed by atoms with E-state index in [9.17, 15) is 0 Å². The Morgan fingerprint density at radius 3 is 1.02 bits per heavy atom. The van der Waals surface area contributed by atoms with Crippen LogP contribution in [0.5, 0.6) is 0 Å². The van der Waals surface area contributed by atoms with E-state index in [1.807, 2.05) is 0 Å². The maximum absolute atomic E-state index is 2.42. The van der Waals surface area contributed by atoms with Gasteiger partial charge in [-0.1, -0.05) is 99.5 Å². The van der Waals surface area contributed by atoms with E-state index in [0.717, 1.165) is 0 Å². The molecule has 7 aromatic rings. The van der Waals surface area contributed by atoms with Crippen LogP contribution >= 0.6 is 0 Å². The van der Waals surface area contributed by atoms with Crippen molar-refractivity contribution in [1.29, 1.82) is 0 Å². The van der Waals surface area contributed by atoms with Crippen LogP contribution in [0.15, 0.2) is 66.7 Å². The van der Waals surface area contributed by atoms with Gasteiger partial charge in [0.25, 0.3) is 0 Å². The Labute approximate surface area is 304 Å². The Morgan fingerprint density at radius 2 is 0.571 bits per heavy atom. The van der Waals surface area contributed by atoms with Gasteiger partial charge in [0.1, 0.15) is 102 Å². The molecule has 13 heteroatoms. The summed E-state index contributed by atoms with van der Waals surface area (Å²) in [7, 11) is 30.5. The smallest absolute Gasteiger partial charge is 0.102 e. The zero-order valence-electron chi connectivity index (χ0n) is 31.9. The van der Waals surface area contributed by atoms with Crippen molar-refractivity contribution in [3.63, 3.8) is 0 Å². The van der Waals surface area contributed by atoms with E-state index in [0.29, 0.717) is 0 Å². The molecule has 0 heterocycles. The molecule has 0 saturated carbocycles. The normalized spacial score (nSPS) is 11.5. The molecule has 7 aromatic carbocycles. The number of benzene rings is 7. The van der Waals surface area contributed by atoms with Gasteiger partial charge < -0.3 is 0 Å². The highest BCUT2D eigenvalue weighted by Gasteiger charge is 2.27. The first-order chi connectivity index (χ1) is 23.3. The molecule has 0 N–H and O–H groups in total. The average molecular weight is 610 g/mol. The number of fused-ring (bicyclic) bond motifs is 3. The Balaban J connectivity index is 1.84. The molecule has 0 bridgehead atoms. The lowest BCUT2D eigenvalue weighted by Gasteiger charge is -2.31. The molecular formula is C36H37B13. The van der Waals surface area contributed by atoms with Crippen LogP contribution in [0.25, 0.3) is 65.7 Å². The highest BCUT2D eigenvalue weighted by molar-refractivity contribution is 6.73. The fraction of sp³-hybridized carbons (Fsp3) is 0.